The van der Waals surface area contributed by atoms with Crippen molar-refractivity contribution in [1.29, 1.82) is 0 Å². The van der Waals surface area contributed by atoms with E-state index in [-0.39, 0.29) is 18.6 Å². The van der Waals surface area contributed by atoms with Gasteiger partial charge in [-0.2, -0.15) is 0 Å². The van der Waals surface area contributed by atoms with Crippen molar-refractivity contribution in [3.8, 4) is 0 Å². The molecule has 8 nitrogen and oxygen atoms in total. The summed E-state index contributed by atoms with van der Waals surface area (Å²) >= 11 is 0. The Morgan fingerprint density at radius 2 is 1.91 bits per heavy atom. The van der Waals surface area contributed by atoms with Gasteiger partial charge in [0, 0.05) is 22.3 Å². The second kappa shape index (κ2) is 8.03. The highest BCUT2D eigenvalue weighted by molar-refractivity contribution is 5.96. The van der Waals surface area contributed by atoms with Gasteiger partial charge in [0.1, 0.15) is 11.2 Å². The number of hydrogen-bond acceptors (Lipinski definition) is 8. The molecule has 2 aliphatic carbocycles. The predicted octanol–water partition coefficient (Wildman–Crippen LogP) is 3.52. The van der Waals surface area contributed by atoms with Crippen molar-refractivity contribution in [2.24, 2.45) is 28.1 Å². The lowest BCUT2D eigenvalue weighted by Crippen LogP contribution is -2.70. The van der Waals surface area contributed by atoms with Gasteiger partial charge in [-0.1, -0.05) is 33.8 Å². The molecule has 1 aliphatic heterocycles. The molecule has 4 rings (SSSR count). The van der Waals surface area contributed by atoms with Gasteiger partial charge in [0.05, 0.1) is 38.6 Å². The summed E-state index contributed by atoms with van der Waals surface area (Å²) in [5.74, 6) is -1.97. The number of aliphatic hydroxyl groups is 2. The molecule has 1 aromatic heterocycles. The number of allylic oxidation sites excluding steroid dienone is 2. The fourth-order valence-corrected chi connectivity index (χ4v) is 7.48. The number of ether oxygens (including phenoxy) is 2. The summed E-state index contributed by atoms with van der Waals surface area (Å²) in [7, 11) is 1.31. The summed E-state index contributed by atoms with van der Waals surface area (Å²) in [4.78, 5) is 38.2. The standard InChI is InChI=1S/C27H36O8/c1-23(2)18(13-20(29)33-6)24(3,10-8-19(23)28)17-7-11-25(4,22(31)16-9-12-34-15-16)27(32)14-21(30)35-26(17,27)5/h8-10,12,15,17-18,22,31-32H,7,11,13-14H2,1-6H3. The first-order valence-corrected chi connectivity index (χ1v) is 12.1. The topological polar surface area (TPSA) is 123 Å². The van der Waals surface area contributed by atoms with Crippen LogP contribution in [0.5, 0.6) is 0 Å². The number of carbonyl (C=O) groups excluding carboxylic acids is 3. The third kappa shape index (κ3) is 3.36. The molecule has 0 aromatic carbocycles. The molecule has 3 aliphatic rings. The SMILES string of the molecule is COC(=O)CC1C(C)(C)C(=O)C=CC1(C)C1CCC(C)(C(O)c2ccoc2)C2(O)CC(=O)OC12C. The molecule has 0 spiro atoms. The molecule has 192 valence electrons. The zero-order valence-corrected chi connectivity index (χ0v) is 21.3. The van der Waals surface area contributed by atoms with Gasteiger partial charge in [0.2, 0.25) is 0 Å². The van der Waals surface area contributed by atoms with Gasteiger partial charge >= 0.3 is 11.9 Å². The van der Waals surface area contributed by atoms with E-state index in [1.54, 1.807) is 26.0 Å². The van der Waals surface area contributed by atoms with Crippen molar-refractivity contribution in [2.45, 2.75) is 77.6 Å². The van der Waals surface area contributed by atoms with Gasteiger partial charge in [-0.25, -0.2) is 0 Å². The van der Waals surface area contributed by atoms with E-state index in [1.807, 2.05) is 26.8 Å². The minimum atomic E-state index is -1.71. The largest absolute Gasteiger partial charge is 0.472 e. The zero-order chi connectivity index (χ0) is 26.0. The molecular weight excluding hydrogens is 452 g/mol. The second-order valence-corrected chi connectivity index (χ2v) is 11.7. The Morgan fingerprint density at radius 1 is 1.23 bits per heavy atom. The number of esters is 2. The van der Waals surface area contributed by atoms with Crippen molar-refractivity contribution < 1.29 is 38.5 Å². The Balaban J connectivity index is 1.84. The summed E-state index contributed by atoms with van der Waals surface area (Å²) in [6, 6.07) is 1.64. The maximum atomic E-state index is 12.9. The average Bonchev–Trinajstić information content (AvgIpc) is 3.40. The maximum absolute atomic E-state index is 12.9. The monoisotopic (exact) mass is 488 g/mol. The van der Waals surface area contributed by atoms with Crippen LogP contribution in [0.3, 0.4) is 0 Å². The first-order valence-electron chi connectivity index (χ1n) is 12.1. The number of rotatable bonds is 5. The normalized spacial score (nSPS) is 41.3. The van der Waals surface area contributed by atoms with Crippen molar-refractivity contribution in [3.63, 3.8) is 0 Å². The van der Waals surface area contributed by atoms with Crippen molar-refractivity contribution in [1.82, 2.24) is 0 Å². The third-order valence-electron chi connectivity index (χ3n) is 9.77. The van der Waals surface area contributed by atoms with Gasteiger partial charge in [-0.15, -0.1) is 0 Å². The number of aliphatic hydroxyl groups excluding tert-OH is 1. The summed E-state index contributed by atoms with van der Waals surface area (Å²) in [6.07, 6.45) is 5.75. The summed E-state index contributed by atoms with van der Waals surface area (Å²) < 4.78 is 16.1. The van der Waals surface area contributed by atoms with E-state index in [2.05, 4.69) is 0 Å². The minimum absolute atomic E-state index is 0.00392. The van der Waals surface area contributed by atoms with Crippen LogP contribution >= 0.6 is 0 Å². The van der Waals surface area contributed by atoms with E-state index in [0.717, 1.165) is 0 Å². The fourth-order valence-electron chi connectivity index (χ4n) is 7.48. The Hall–Kier alpha value is -2.45. The van der Waals surface area contributed by atoms with Gasteiger partial charge < -0.3 is 24.1 Å². The van der Waals surface area contributed by atoms with Crippen LogP contribution in [0.1, 0.15) is 72.0 Å². The lowest BCUT2D eigenvalue weighted by Gasteiger charge is -2.63. The van der Waals surface area contributed by atoms with Gasteiger partial charge in [0.15, 0.2) is 5.78 Å². The summed E-state index contributed by atoms with van der Waals surface area (Å²) in [6.45, 7) is 9.09. The molecule has 2 fully saturated rings. The Labute approximate surface area is 205 Å². The van der Waals surface area contributed by atoms with Crippen molar-refractivity contribution in [2.75, 3.05) is 7.11 Å². The van der Waals surface area contributed by atoms with Gasteiger partial charge in [0.25, 0.3) is 0 Å². The molecule has 0 radical (unpaired) electrons. The predicted molar refractivity (Wildman–Crippen MR) is 125 cm³/mol. The van der Waals surface area contributed by atoms with E-state index in [4.69, 9.17) is 13.9 Å². The van der Waals surface area contributed by atoms with E-state index in [0.29, 0.717) is 18.4 Å². The summed E-state index contributed by atoms with van der Waals surface area (Å²) in [5, 5.41) is 23.7. The molecular formula is C27H36O8. The molecule has 35 heavy (non-hydrogen) atoms. The van der Waals surface area contributed by atoms with Gasteiger partial charge in [-0.05, 0) is 43.2 Å². The lowest BCUT2D eigenvalue weighted by molar-refractivity contribution is -0.265. The van der Waals surface area contributed by atoms with Crippen LogP contribution < -0.4 is 0 Å². The number of furan rings is 1. The number of carbonyl (C=O) groups is 3. The van der Waals surface area contributed by atoms with Crippen molar-refractivity contribution in [3.05, 3.63) is 36.3 Å². The third-order valence-corrected chi connectivity index (χ3v) is 9.77. The fraction of sp³-hybridized carbons (Fsp3) is 0.667. The number of fused-ring (bicyclic) bond motifs is 1. The van der Waals surface area contributed by atoms with Crippen LogP contribution in [0.25, 0.3) is 0 Å². The molecule has 1 aromatic rings. The van der Waals surface area contributed by atoms with E-state index >= 15 is 0 Å². The van der Waals surface area contributed by atoms with E-state index in [9.17, 15) is 24.6 Å². The average molecular weight is 489 g/mol. The van der Waals surface area contributed by atoms with Crippen LogP contribution in [-0.2, 0) is 23.9 Å². The maximum Gasteiger partial charge on any atom is 0.309 e. The molecule has 0 bridgehead atoms. The van der Waals surface area contributed by atoms with Crippen LogP contribution in [-0.4, -0.2) is 46.2 Å². The number of ketones is 1. The smallest absolute Gasteiger partial charge is 0.309 e. The van der Waals surface area contributed by atoms with Crippen LogP contribution in [0.4, 0.5) is 0 Å². The molecule has 8 heteroatoms. The van der Waals surface area contributed by atoms with Crippen molar-refractivity contribution >= 4 is 17.7 Å². The van der Waals surface area contributed by atoms with Crippen LogP contribution in [0, 0.1) is 28.1 Å². The lowest BCUT2D eigenvalue weighted by atomic mass is 9.43. The quantitative estimate of drug-likeness (QED) is 0.604. The van der Waals surface area contributed by atoms with Crippen LogP contribution in [0.15, 0.2) is 35.2 Å². The Bertz CT molecular complexity index is 1060. The molecule has 7 atom stereocenters. The highest BCUT2D eigenvalue weighted by Gasteiger charge is 2.75. The van der Waals surface area contributed by atoms with Crippen LogP contribution in [0.2, 0.25) is 0 Å². The molecule has 1 saturated heterocycles. The molecule has 2 N–H and O–H groups in total. The molecule has 0 amide bonds. The Morgan fingerprint density at radius 3 is 2.51 bits per heavy atom. The number of methoxy groups -OCH3 is 1. The Kier molecular flexibility index (Phi) is 5.88. The molecule has 1 saturated carbocycles. The second-order valence-electron chi connectivity index (χ2n) is 11.7. The molecule has 7 unspecified atom stereocenters. The van der Waals surface area contributed by atoms with Gasteiger partial charge in [-0.3, -0.25) is 14.4 Å². The van der Waals surface area contributed by atoms with E-state index < -0.39 is 57.3 Å². The summed E-state index contributed by atoms with van der Waals surface area (Å²) in [5.41, 5.74) is -5.38. The first-order chi connectivity index (χ1) is 16.2. The minimum Gasteiger partial charge on any atom is -0.472 e. The first kappa shape index (κ1) is 25.6. The molecule has 2 heterocycles. The highest BCUT2D eigenvalue weighted by Crippen LogP contribution is 2.68. The zero-order valence-electron chi connectivity index (χ0n) is 21.3. The highest BCUT2D eigenvalue weighted by atomic mass is 16.6. The number of hydrogen-bond donors (Lipinski definition) is 2. The van der Waals surface area contributed by atoms with E-state index in [1.165, 1.54) is 19.6 Å².